The highest BCUT2D eigenvalue weighted by molar-refractivity contribution is 5.11. The van der Waals surface area contributed by atoms with Crippen LogP contribution >= 0.6 is 0 Å². The van der Waals surface area contributed by atoms with Crippen LogP contribution in [0.2, 0.25) is 0 Å². The van der Waals surface area contributed by atoms with Gasteiger partial charge < -0.3 is 10.2 Å². The Morgan fingerprint density at radius 2 is 1.66 bits per heavy atom. The van der Waals surface area contributed by atoms with Crippen molar-refractivity contribution in [1.82, 2.24) is 0 Å². The maximum Gasteiger partial charge on any atom is 0.0577 e. The van der Waals surface area contributed by atoms with E-state index in [1.165, 1.54) is 64.2 Å². The molecule has 0 aromatic rings. The fraction of sp³-hybridized carbons (Fsp3) is 1.00. The van der Waals surface area contributed by atoms with E-state index in [9.17, 15) is 10.2 Å². The van der Waals surface area contributed by atoms with Crippen LogP contribution in [0.3, 0.4) is 0 Å². The fourth-order valence-corrected chi connectivity index (χ4v) is 9.31. The van der Waals surface area contributed by atoms with E-state index < -0.39 is 0 Å². The zero-order valence-electron chi connectivity index (χ0n) is 19.7. The Kier molecular flexibility index (Phi) is 6.45. The molecule has 10 atom stereocenters. The fourth-order valence-electron chi connectivity index (χ4n) is 9.31. The van der Waals surface area contributed by atoms with E-state index >= 15 is 0 Å². The Labute approximate surface area is 180 Å². The first-order valence-corrected chi connectivity index (χ1v) is 13.1. The van der Waals surface area contributed by atoms with Crippen molar-refractivity contribution in [1.29, 1.82) is 0 Å². The first-order chi connectivity index (χ1) is 13.8. The Morgan fingerprint density at radius 3 is 2.41 bits per heavy atom. The van der Waals surface area contributed by atoms with Crippen molar-refractivity contribution in [2.75, 3.05) is 6.61 Å². The summed E-state index contributed by atoms with van der Waals surface area (Å²) in [6.45, 7) is 10.2. The normalized spacial score (nSPS) is 49.0. The van der Waals surface area contributed by atoms with Crippen molar-refractivity contribution in [3.63, 3.8) is 0 Å². The maximum atomic E-state index is 11.4. The predicted molar refractivity (Wildman–Crippen MR) is 120 cm³/mol. The van der Waals surface area contributed by atoms with Gasteiger partial charge in [-0.1, -0.05) is 53.4 Å². The molecule has 3 unspecified atom stereocenters. The van der Waals surface area contributed by atoms with Crippen LogP contribution in [0.1, 0.15) is 105 Å². The largest absolute Gasteiger partial charge is 0.396 e. The first-order valence-electron chi connectivity index (χ1n) is 13.1. The number of aliphatic hydroxyl groups excluding tert-OH is 2. The second-order valence-corrected chi connectivity index (χ2v) is 12.5. The maximum absolute atomic E-state index is 11.4. The van der Waals surface area contributed by atoms with Gasteiger partial charge in [-0.25, -0.2) is 0 Å². The van der Waals surface area contributed by atoms with Crippen molar-refractivity contribution >= 4 is 0 Å². The minimum absolute atomic E-state index is 0.0414. The van der Waals surface area contributed by atoms with Crippen LogP contribution in [0, 0.1) is 52.3 Å². The van der Waals surface area contributed by atoms with Gasteiger partial charge in [-0.2, -0.15) is 0 Å². The number of aliphatic hydroxyl groups is 2. The molecule has 4 fully saturated rings. The standard InChI is InChI=1S/C27H48O2/c1-18(17-28)8-7-9-19(2)21-11-12-22-25-23(13-15-27(21,22)4)26(3)14-6-5-10-20(26)16-24(25)29/h18-25,28-29H,5-17H2,1-4H3/t18?,19-,20?,21-,22+,23+,24?,25+,26+,27-/m1/s1. The van der Waals surface area contributed by atoms with E-state index in [0.29, 0.717) is 29.3 Å². The van der Waals surface area contributed by atoms with Gasteiger partial charge in [0.05, 0.1) is 6.10 Å². The molecule has 0 spiro atoms. The summed E-state index contributed by atoms with van der Waals surface area (Å²) in [6.07, 6.45) is 15.9. The van der Waals surface area contributed by atoms with Crippen LogP contribution in [0.4, 0.5) is 0 Å². The average Bonchev–Trinajstić information content (AvgIpc) is 3.05. The zero-order valence-corrected chi connectivity index (χ0v) is 19.7. The molecular formula is C27H48O2. The van der Waals surface area contributed by atoms with Gasteiger partial charge >= 0.3 is 0 Å². The molecule has 0 aliphatic heterocycles. The van der Waals surface area contributed by atoms with Crippen molar-refractivity contribution in [2.45, 2.75) is 111 Å². The van der Waals surface area contributed by atoms with Crippen LogP contribution in [-0.4, -0.2) is 22.9 Å². The Hall–Kier alpha value is -0.0800. The second-order valence-electron chi connectivity index (χ2n) is 12.5. The summed E-state index contributed by atoms with van der Waals surface area (Å²) in [7, 11) is 0. The van der Waals surface area contributed by atoms with Gasteiger partial charge in [-0.15, -0.1) is 0 Å². The summed E-state index contributed by atoms with van der Waals surface area (Å²) in [4.78, 5) is 0. The molecular weight excluding hydrogens is 356 g/mol. The molecule has 29 heavy (non-hydrogen) atoms. The predicted octanol–water partition coefficient (Wildman–Crippen LogP) is 6.44. The minimum atomic E-state index is -0.0414. The SMILES string of the molecule is CC(CO)CCC[C@@H](C)[C@H]1CC[C@H]2[C@@H]3C(O)CC4CCCC[C@]4(C)[C@H]3CC[C@]12C. The lowest BCUT2D eigenvalue weighted by molar-refractivity contribution is -0.164. The van der Waals surface area contributed by atoms with Gasteiger partial charge in [-0.05, 0) is 104 Å². The summed E-state index contributed by atoms with van der Waals surface area (Å²) in [5.74, 6) is 4.94. The molecule has 0 saturated heterocycles. The third-order valence-corrected chi connectivity index (χ3v) is 11.0. The highest BCUT2D eigenvalue weighted by Gasteiger charge is 2.62. The zero-order chi connectivity index (χ0) is 20.8. The quantitative estimate of drug-likeness (QED) is 0.534. The summed E-state index contributed by atoms with van der Waals surface area (Å²) in [5, 5.41) is 20.7. The summed E-state index contributed by atoms with van der Waals surface area (Å²) >= 11 is 0. The monoisotopic (exact) mass is 404 g/mol. The second kappa shape index (κ2) is 8.45. The topological polar surface area (TPSA) is 40.5 Å². The van der Waals surface area contributed by atoms with E-state index in [4.69, 9.17) is 0 Å². The van der Waals surface area contributed by atoms with Gasteiger partial charge in [0.2, 0.25) is 0 Å². The van der Waals surface area contributed by atoms with Gasteiger partial charge in [0.1, 0.15) is 0 Å². The molecule has 0 aromatic heterocycles. The van der Waals surface area contributed by atoms with E-state index in [-0.39, 0.29) is 6.10 Å². The molecule has 4 saturated carbocycles. The third-order valence-electron chi connectivity index (χ3n) is 11.0. The number of hydrogen-bond donors (Lipinski definition) is 2. The summed E-state index contributed by atoms with van der Waals surface area (Å²) < 4.78 is 0. The molecule has 0 amide bonds. The Morgan fingerprint density at radius 1 is 0.897 bits per heavy atom. The molecule has 2 nitrogen and oxygen atoms in total. The van der Waals surface area contributed by atoms with Gasteiger partial charge in [0.15, 0.2) is 0 Å². The van der Waals surface area contributed by atoms with Crippen LogP contribution in [0.5, 0.6) is 0 Å². The molecule has 0 heterocycles. The number of hydrogen-bond acceptors (Lipinski definition) is 2. The molecule has 4 aliphatic carbocycles. The van der Waals surface area contributed by atoms with Gasteiger partial charge in [0.25, 0.3) is 0 Å². The van der Waals surface area contributed by atoms with Crippen LogP contribution in [0.25, 0.3) is 0 Å². The Balaban J connectivity index is 1.47. The number of fused-ring (bicyclic) bond motifs is 5. The lowest BCUT2D eigenvalue weighted by Gasteiger charge is -2.62. The molecule has 0 radical (unpaired) electrons. The highest BCUT2D eigenvalue weighted by atomic mass is 16.3. The molecule has 4 aliphatic rings. The molecule has 4 rings (SSSR count). The van der Waals surface area contributed by atoms with Crippen LogP contribution in [-0.2, 0) is 0 Å². The minimum Gasteiger partial charge on any atom is -0.396 e. The molecule has 2 N–H and O–H groups in total. The van der Waals surface area contributed by atoms with Crippen LogP contribution < -0.4 is 0 Å². The molecule has 2 heteroatoms. The lowest BCUT2D eigenvalue weighted by Crippen LogP contribution is -2.57. The number of rotatable bonds is 6. The van der Waals surface area contributed by atoms with Crippen molar-refractivity contribution in [3.05, 3.63) is 0 Å². The smallest absolute Gasteiger partial charge is 0.0577 e. The van der Waals surface area contributed by atoms with E-state index in [1.54, 1.807) is 0 Å². The van der Waals surface area contributed by atoms with E-state index in [0.717, 1.165) is 42.4 Å². The van der Waals surface area contributed by atoms with E-state index in [2.05, 4.69) is 27.7 Å². The summed E-state index contributed by atoms with van der Waals surface area (Å²) in [5.41, 5.74) is 0.954. The summed E-state index contributed by atoms with van der Waals surface area (Å²) in [6, 6.07) is 0. The van der Waals surface area contributed by atoms with Crippen molar-refractivity contribution < 1.29 is 10.2 Å². The highest BCUT2D eigenvalue weighted by Crippen LogP contribution is 2.68. The van der Waals surface area contributed by atoms with Crippen molar-refractivity contribution in [3.8, 4) is 0 Å². The lowest BCUT2D eigenvalue weighted by atomic mass is 9.44. The third kappa shape index (κ3) is 3.73. The van der Waals surface area contributed by atoms with Gasteiger partial charge in [-0.3, -0.25) is 0 Å². The molecule has 0 aromatic carbocycles. The van der Waals surface area contributed by atoms with E-state index in [1.807, 2.05) is 0 Å². The Bertz CT molecular complexity index is 561. The van der Waals surface area contributed by atoms with Crippen molar-refractivity contribution in [2.24, 2.45) is 52.3 Å². The molecule has 168 valence electrons. The van der Waals surface area contributed by atoms with Crippen LogP contribution in [0.15, 0.2) is 0 Å². The molecule has 0 bridgehead atoms. The van der Waals surface area contributed by atoms with Gasteiger partial charge in [0, 0.05) is 6.61 Å². The first kappa shape index (κ1) is 22.1. The average molecular weight is 405 g/mol.